The lowest BCUT2D eigenvalue weighted by Crippen LogP contribution is -2.44. The van der Waals surface area contributed by atoms with Gasteiger partial charge >= 0.3 is 6.03 Å². The topological polar surface area (TPSA) is 78.2 Å². The molecule has 7 heteroatoms. The number of nitrogens with zero attached hydrogens (tertiary/aromatic N) is 3. The predicted octanol–water partition coefficient (Wildman–Crippen LogP) is 3.17. The van der Waals surface area contributed by atoms with E-state index in [-0.39, 0.29) is 17.8 Å². The molecule has 0 spiro atoms. The Bertz CT molecular complexity index is 798. The minimum absolute atomic E-state index is 0.112. The van der Waals surface area contributed by atoms with Crippen LogP contribution in [0, 0.1) is 17.1 Å². The Balaban J connectivity index is 1.54. The second-order valence-corrected chi connectivity index (χ2v) is 5.68. The molecule has 1 fully saturated rings. The van der Waals surface area contributed by atoms with Crippen LogP contribution in [0.25, 0.3) is 0 Å². The number of urea groups is 1. The molecular formula is C18H17FN4O2. The molecule has 1 aromatic heterocycles. The largest absolute Gasteiger partial charge is 0.473 e. The Morgan fingerprint density at radius 3 is 2.76 bits per heavy atom. The van der Waals surface area contributed by atoms with Crippen molar-refractivity contribution < 1.29 is 13.9 Å². The number of carbonyl (C=O) groups is 1. The van der Waals surface area contributed by atoms with Gasteiger partial charge in [0.25, 0.3) is 0 Å². The van der Waals surface area contributed by atoms with Crippen molar-refractivity contribution >= 4 is 11.7 Å². The third kappa shape index (κ3) is 4.04. The highest BCUT2D eigenvalue weighted by atomic mass is 19.1. The van der Waals surface area contributed by atoms with Crippen molar-refractivity contribution in [2.24, 2.45) is 0 Å². The maximum Gasteiger partial charge on any atom is 0.321 e. The van der Waals surface area contributed by atoms with E-state index in [0.29, 0.717) is 37.4 Å². The number of aromatic nitrogens is 1. The summed E-state index contributed by atoms with van der Waals surface area (Å²) >= 11 is 0. The Labute approximate surface area is 144 Å². The van der Waals surface area contributed by atoms with Crippen molar-refractivity contribution in [1.29, 1.82) is 5.26 Å². The molecule has 0 unspecified atom stereocenters. The molecule has 1 aliphatic heterocycles. The fraction of sp³-hybridized carbons (Fsp3) is 0.278. The van der Waals surface area contributed by atoms with Crippen molar-refractivity contribution in [2.45, 2.75) is 18.9 Å². The number of para-hydroxylation sites is 1. The van der Waals surface area contributed by atoms with Gasteiger partial charge in [0, 0.05) is 32.1 Å². The molecule has 2 aromatic rings. The van der Waals surface area contributed by atoms with Crippen LogP contribution in [-0.2, 0) is 0 Å². The van der Waals surface area contributed by atoms with Crippen LogP contribution in [0.4, 0.5) is 14.9 Å². The van der Waals surface area contributed by atoms with Crippen molar-refractivity contribution in [3.05, 3.63) is 54.0 Å². The summed E-state index contributed by atoms with van der Waals surface area (Å²) in [5.41, 5.74) is 0.556. The van der Waals surface area contributed by atoms with Gasteiger partial charge in [0.1, 0.15) is 23.6 Å². The van der Waals surface area contributed by atoms with Crippen LogP contribution >= 0.6 is 0 Å². The number of nitrogens with one attached hydrogen (secondary N) is 1. The number of carbonyl (C=O) groups excluding carboxylic acids is 1. The highest BCUT2D eigenvalue weighted by Gasteiger charge is 2.25. The molecule has 1 aliphatic rings. The summed E-state index contributed by atoms with van der Waals surface area (Å²) in [6.45, 7) is 0.972. The second-order valence-electron chi connectivity index (χ2n) is 5.68. The first kappa shape index (κ1) is 16.7. The van der Waals surface area contributed by atoms with Crippen LogP contribution in [0.3, 0.4) is 0 Å². The number of amides is 2. The van der Waals surface area contributed by atoms with Crippen molar-refractivity contribution in [3.8, 4) is 11.9 Å². The number of halogens is 1. The van der Waals surface area contributed by atoms with Gasteiger partial charge in [-0.1, -0.05) is 12.1 Å². The van der Waals surface area contributed by atoms with Crippen molar-refractivity contribution in [3.63, 3.8) is 0 Å². The highest BCUT2D eigenvalue weighted by molar-refractivity contribution is 5.89. The van der Waals surface area contributed by atoms with E-state index >= 15 is 0 Å². The maximum atomic E-state index is 13.6. The van der Waals surface area contributed by atoms with E-state index in [0.717, 1.165) is 0 Å². The lowest BCUT2D eigenvalue weighted by atomic mass is 10.1. The third-order valence-electron chi connectivity index (χ3n) is 4.01. The molecule has 0 saturated carbocycles. The van der Waals surface area contributed by atoms with Gasteiger partial charge in [-0.25, -0.2) is 14.2 Å². The lowest BCUT2D eigenvalue weighted by molar-refractivity contribution is 0.111. The number of benzene rings is 1. The van der Waals surface area contributed by atoms with Crippen LogP contribution in [0.2, 0.25) is 0 Å². The molecule has 6 nitrogen and oxygen atoms in total. The average molecular weight is 340 g/mol. The number of hydrogen-bond donors (Lipinski definition) is 1. The molecule has 0 bridgehead atoms. The number of ether oxygens (including phenoxy) is 1. The molecule has 2 amide bonds. The number of hydrogen-bond acceptors (Lipinski definition) is 4. The fourth-order valence-electron chi connectivity index (χ4n) is 2.66. The first-order chi connectivity index (χ1) is 12.2. The number of pyridine rings is 1. The van der Waals surface area contributed by atoms with Crippen molar-refractivity contribution in [2.75, 3.05) is 18.4 Å². The normalized spacial score (nSPS) is 14.6. The monoisotopic (exact) mass is 340 g/mol. The van der Waals surface area contributed by atoms with E-state index in [1.165, 1.54) is 12.1 Å². The molecule has 0 atom stereocenters. The van der Waals surface area contributed by atoms with Crippen LogP contribution in [-0.4, -0.2) is 35.1 Å². The molecule has 2 heterocycles. The summed E-state index contributed by atoms with van der Waals surface area (Å²) in [7, 11) is 0. The lowest BCUT2D eigenvalue weighted by Gasteiger charge is -2.32. The summed E-state index contributed by atoms with van der Waals surface area (Å²) in [6, 6.07) is 11.1. The van der Waals surface area contributed by atoms with Gasteiger partial charge < -0.3 is 15.0 Å². The van der Waals surface area contributed by atoms with Gasteiger partial charge in [-0.05, 0) is 24.3 Å². The van der Waals surface area contributed by atoms with E-state index in [4.69, 9.17) is 10.00 Å². The molecule has 0 radical (unpaired) electrons. The van der Waals surface area contributed by atoms with Crippen LogP contribution < -0.4 is 10.1 Å². The SMILES string of the molecule is N#Cc1cccnc1OC1CCN(C(=O)Nc2ccccc2F)CC1. The molecule has 1 N–H and O–H groups in total. The molecular weight excluding hydrogens is 323 g/mol. The van der Waals surface area contributed by atoms with Gasteiger partial charge in [0.2, 0.25) is 5.88 Å². The second kappa shape index (κ2) is 7.62. The summed E-state index contributed by atoms with van der Waals surface area (Å²) < 4.78 is 19.4. The minimum Gasteiger partial charge on any atom is -0.473 e. The molecule has 1 aromatic carbocycles. The quantitative estimate of drug-likeness (QED) is 0.931. The van der Waals surface area contributed by atoms with Crippen LogP contribution in [0.5, 0.6) is 5.88 Å². The van der Waals surface area contributed by atoms with Crippen molar-refractivity contribution in [1.82, 2.24) is 9.88 Å². The Hall–Kier alpha value is -3.14. The van der Waals surface area contributed by atoms with Gasteiger partial charge in [-0.15, -0.1) is 0 Å². The average Bonchev–Trinajstić information content (AvgIpc) is 2.64. The summed E-state index contributed by atoms with van der Waals surface area (Å²) in [4.78, 5) is 17.9. The van der Waals surface area contributed by atoms with Gasteiger partial charge in [-0.3, -0.25) is 0 Å². The number of rotatable bonds is 3. The van der Waals surface area contributed by atoms with Crippen LogP contribution in [0.15, 0.2) is 42.6 Å². The molecule has 3 rings (SSSR count). The summed E-state index contributed by atoms with van der Waals surface area (Å²) in [5.74, 6) is -0.146. The summed E-state index contributed by atoms with van der Waals surface area (Å²) in [6.07, 6.45) is 2.70. The number of piperidine rings is 1. The molecule has 1 saturated heterocycles. The zero-order chi connectivity index (χ0) is 17.6. The van der Waals surface area contributed by atoms with Crippen LogP contribution in [0.1, 0.15) is 18.4 Å². The van der Waals surface area contributed by atoms with E-state index in [9.17, 15) is 9.18 Å². The minimum atomic E-state index is -0.465. The van der Waals surface area contributed by atoms with Gasteiger partial charge in [0.05, 0.1) is 5.69 Å². The van der Waals surface area contributed by atoms with Gasteiger partial charge in [0.15, 0.2) is 0 Å². The molecule has 128 valence electrons. The standard InChI is InChI=1S/C18H17FN4O2/c19-15-5-1-2-6-16(15)22-18(24)23-10-7-14(8-11-23)25-17-13(12-20)4-3-9-21-17/h1-6,9,14H,7-8,10-11H2,(H,22,24). The number of nitriles is 1. The number of likely N-dealkylation sites (tertiary alicyclic amines) is 1. The third-order valence-corrected chi connectivity index (χ3v) is 4.01. The zero-order valence-electron chi connectivity index (χ0n) is 13.5. The van der Waals surface area contributed by atoms with E-state index in [1.807, 2.05) is 6.07 Å². The fourth-order valence-corrected chi connectivity index (χ4v) is 2.66. The first-order valence-electron chi connectivity index (χ1n) is 7.99. The zero-order valence-corrected chi connectivity index (χ0v) is 13.5. The predicted molar refractivity (Wildman–Crippen MR) is 89.6 cm³/mol. The van der Waals surface area contributed by atoms with Gasteiger partial charge in [-0.2, -0.15) is 5.26 Å². The Kier molecular flexibility index (Phi) is 5.09. The summed E-state index contributed by atoms with van der Waals surface area (Å²) in [5, 5.41) is 11.6. The first-order valence-corrected chi connectivity index (χ1v) is 7.99. The smallest absolute Gasteiger partial charge is 0.321 e. The van der Waals surface area contributed by atoms with E-state index in [2.05, 4.69) is 10.3 Å². The molecule has 25 heavy (non-hydrogen) atoms. The van der Waals surface area contributed by atoms with E-state index < -0.39 is 5.82 Å². The number of anilines is 1. The highest BCUT2D eigenvalue weighted by Crippen LogP contribution is 2.21. The van der Waals surface area contributed by atoms with E-state index in [1.54, 1.807) is 35.4 Å². The molecule has 0 aliphatic carbocycles. The Morgan fingerprint density at radius 2 is 2.04 bits per heavy atom. The maximum absolute atomic E-state index is 13.6. The Morgan fingerprint density at radius 1 is 1.28 bits per heavy atom.